The van der Waals surface area contributed by atoms with E-state index in [0.29, 0.717) is 0 Å². The van der Waals surface area contributed by atoms with Gasteiger partial charge in [0.1, 0.15) is 0 Å². The second-order valence-electron chi connectivity index (χ2n) is 10.9. The lowest BCUT2D eigenvalue weighted by Gasteiger charge is -2.11. The molecule has 2 heteroatoms. The fourth-order valence-electron chi connectivity index (χ4n) is 6.52. The van der Waals surface area contributed by atoms with E-state index in [1.54, 1.807) is 0 Å². The van der Waals surface area contributed by atoms with E-state index in [1.807, 2.05) is 0 Å². The minimum Gasteiger partial charge on any atom is -0.309 e. The first-order valence-electron chi connectivity index (χ1n) is 13.9. The van der Waals surface area contributed by atoms with Gasteiger partial charge in [-0.2, -0.15) is 0 Å². The summed E-state index contributed by atoms with van der Waals surface area (Å²) in [4.78, 5) is 0. The summed E-state index contributed by atoms with van der Waals surface area (Å²) in [5.74, 6) is 0. The second-order valence-corrected chi connectivity index (χ2v) is 10.9. The standard InChI is InChI=1S/C38H28N2/c1-25-20-26(2)22-30(21-25)40-36-15-9-7-13-32(36)34-24-28(17-19-38(34)40)27-16-18-37-33(23-27)31-12-6-8-14-35(31)39(37)29-10-4-3-5-11-29/h3-24H,1-2H3. The van der Waals surface area contributed by atoms with Crippen molar-refractivity contribution in [2.24, 2.45) is 0 Å². The van der Waals surface area contributed by atoms with Gasteiger partial charge >= 0.3 is 0 Å². The lowest BCUT2D eigenvalue weighted by atomic mass is 10.0. The van der Waals surface area contributed by atoms with Gasteiger partial charge in [0.25, 0.3) is 0 Å². The Labute approximate surface area is 233 Å². The van der Waals surface area contributed by atoms with Gasteiger partial charge in [-0.15, -0.1) is 0 Å². The van der Waals surface area contributed by atoms with Crippen LogP contribution < -0.4 is 0 Å². The Bertz CT molecular complexity index is 2210. The maximum atomic E-state index is 2.41. The number of hydrogen-bond acceptors (Lipinski definition) is 0. The van der Waals surface area contributed by atoms with Gasteiger partial charge in [-0.05, 0) is 96.8 Å². The van der Waals surface area contributed by atoms with E-state index in [9.17, 15) is 0 Å². The van der Waals surface area contributed by atoms with Crippen molar-refractivity contribution in [3.8, 4) is 22.5 Å². The number of nitrogens with zero attached hydrogens (tertiary/aromatic N) is 2. The van der Waals surface area contributed by atoms with Gasteiger partial charge in [-0.3, -0.25) is 0 Å². The summed E-state index contributed by atoms with van der Waals surface area (Å²) in [6.45, 7) is 4.35. The first kappa shape index (κ1) is 22.9. The number of para-hydroxylation sites is 3. The molecule has 8 rings (SSSR count). The Kier molecular flexibility index (Phi) is 4.99. The smallest absolute Gasteiger partial charge is 0.0541 e. The van der Waals surface area contributed by atoms with Gasteiger partial charge in [0.15, 0.2) is 0 Å². The summed E-state index contributed by atoms with van der Waals surface area (Å²) in [5.41, 5.74) is 12.3. The van der Waals surface area contributed by atoms with Crippen LogP contribution in [0.25, 0.3) is 66.1 Å². The van der Waals surface area contributed by atoms with Crippen molar-refractivity contribution in [1.29, 1.82) is 0 Å². The van der Waals surface area contributed by atoms with Crippen molar-refractivity contribution >= 4 is 43.6 Å². The number of aryl methyl sites for hydroxylation is 2. The van der Waals surface area contributed by atoms with E-state index in [4.69, 9.17) is 0 Å². The highest BCUT2D eigenvalue weighted by molar-refractivity contribution is 6.12. The molecule has 190 valence electrons. The average Bonchev–Trinajstić information content (AvgIpc) is 3.49. The van der Waals surface area contributed by atoms with Crippen LogP contribution in [0, 0.1) is 13.8 Å². The van der Waals surface area contributed by atoms with Gasteiger partial charge in [0.05, 0.1) is 22.1 Å². The molecule has 0 radical (unpaired) electrons. The second kappa shape index (κ2) is 8.72. The van der Waals surface area contributed by atoms with Crippen molar-refractivity contribution < 1.29 is 0 Å². The quantitative estimate of drug-likeness (QED) is 0.223. The molecule has 40 heavy (non-hydrogen) atoms. The van der Waals surface area contributed by atoms with Gasteiger partial charge in [0.2, 0.25) is 0 Å². The van der Waals surface area contributed by atoms with Crippen molar-refractivity contribution in [1.82, 2.24) is 9.13 Å². The monoisotopic (exact) mass is 512 g/mol. The summed E-state index contributed by atoms with van der Waals surface area (Å²) in [6, 6.07) is 48.8. The van der Waals surface area contributed by atoms with Crippen LogP contribution in [0.15, 0.2) is 133 Å². The van der Waals surface area contributed by atoms with E-state index in [-0.39, 0.29) is 0 Å². The molecule has 0 spiro atoms. The minimum absolute atomic E-state index is 1.18. The lowest BCUT2D eigenvalue weighted by molar-refractivity contribution is 1.16. The van der Waals surface area contributed by atoms with Gasteiger partial charge in [0, 0.05) is 32.9 Å². The first-order chi connectivity index (χ1) is 19.7. The molecule has 2 aromatic heterocycles. The van der Waals surface area contributed by atoms with Crippen LogP contribution in [0.4, 0.5) is 0 Å². The molecule has 0 fully saturated rings. The summed E-state index contributed by atoms with van der Waals surface area (Å²) < 4.78 is 4.78. The third-order valence-corrected chi connectivity index (χ3v) is 8.16. The average molecular weight is 513 g/mol. The maximum Gasteiger partial charge on any atom is 0.0541 e. The van der Waals surface area contributed by atoms with Crippen LogP contribution in [0.2, 0.25) is 0 Å². The molecule has 0 unspecified atom stereocenters. The van der Waals surface area contributed by atoms with Crippen LogP contribution in [-0.2, 0) is 0 Å². The molecule has 0 amide bonds. The molecule has 2 heterocycles. The van der Waals surface area contributed by atoms with Crippen molar-refractivity contribution in [3.63, 3.8) is 0 Å². The van der Waals surface area contributed by atoms with Crippen LogP contribution in [0.5, 0.6) is 0 Å². The molecule has 0 aliphatic heterocycles. The number of benzene rings is 6. The highest BCUT2D eigenvalue weighted by Crippen LogP contribution is 2.38. The van der Waals surface area contributed by atoms with E-state index >= 15 is 0 Å². The molecular weight excluding hydrogens is 484 g/mol. The van der Waals surface area contributed by atoms with E-state index in [2.05, 4.69) is 156 Å². The van der Waals surface area contributed by atoms with Crippen molar-refractivity contribution in [3.05, 3.63) is 145 Å². The molecule has 8 aromatic rings. The van der Waals surface area contributed by atoms with E-state index in [0.717, 1.165) is 0 Å². The summed E-state index contributed by atoms with van der Waals surface area (Å²) in [6.07, 6.45) is 0. The number of hydrogen-bond donors (Lipinski definition) is 0. The fourth-order valence-corrected chi connectivity index (χ4v) is 6.52. The molecular formula is C38H28N2. The highest BCUT2D eigenvalue weighted by atomic mass is 15.0. The van der Waals surface area contributed by atoms with Crippen LogP contribution >= 0.6 is 0 Å². The molecule has 0 saturated carbocycles. The Hall–Kier alpha value is -5.08. The molecule has 0 aliphatic rings. The molecule has 0 saturated heterocycles. The Balaban J connectivity index is 1.36. The van der Waals surface area contributed by atoms with Crippen molar-refractivity contribution in [2.75, 3.05) is 0 Å². The number of rotatable bonds is 3. The molecule has 0 N–H and O–H groups in total. The summed E-state index contributed by atoms with van der Waals surface area (Å²) in [5, 5.41) is 5.10. The largest absolute Gasteiger partial charge is 0.309 e. The topological polar surface area (TPSA) is 9.86 Å². The summed E-state index contributed by atoms with van der Waals surface area (Å²) in [7, 11) is 0. The third kappa shape index (κ3) is 3.43. The maximum absolute atomic E-state index is 2.41. The van der Waals surface area contributed by atoms with E-state index in [1.165, 1.54) is 77.2 Å². The van der Waals surface area contributed by atoms with Crippen LogP contribution in [0.3, 0.4) is 0 Å². The minimum atomic E-state index is 1.18. The van der Waals surface area contributed by atoms with E-state index < -0.39 is 0 Å². The Morgan fingerprint density at radius 3 is 1.35 bits per heavy atom. The molecule has 6 aromatic carbocycles. The Morgan fingerprint density at radius 1 is 0.350 bits per heavy atom. The first-order valence-corrected chi connectivity index (χ1v) is 13.9. The molecule has 0 aliphatic carbocycles. The van der Waals surface area contributed by atoms with Gasteiger partial charge < -0.3 is 9.13 Å². The van der Waals surface area contributed by atoms with Crippen molar-refractivity contribution in [2.45, 2.75) is 13.8 Å². The number of fused-ring (bicyclic) bond motifs is 6. The molecule has 2 nitrogen and oxygen atoms in total. The Morgan fingerprint density at radius 2 is 0.800 bits per heavy atom. The molecule has 0 bridgehead atoms. The number of aromatic nitrogens is 2. The predicted molar refractivity (Wildman–Crippen MR) is 170 cm³/mol. The zero-order valence-electron chi connectivity index (χ0n) is 22.6. The highest BCUT2D eigenvalue weighted by Gasteiger charge is 2.16. The normalized spacial score (nSPS) is 11.8. The van der Waals surface area contributed by atoms with Gasteiger partial charge in [-0.1, -0.05) is 72.8 Å². The third-order valence-electron chi connectivity index (χ3n) is 8.16. The lowest BCUT2D eigenvalue weighted by Crippen LogP contribution is -1.95. The fraction of sp³-hybridized carbons (Fsp3) is 0.0526. The van der Waals surface area contributed by atoms with Crippen LogP contribution in [0.1, 0.15) is 11.1 Å². The summed E-state index contributed by atoms with van der Waals surface area (Å²) >= 11 is 0. The van der Waals surface area contributed by atoms with Gasteiger partial charge in [-0.25, -0.2) is 0 Å². The zero-order chi connectivity index (χ0) is 26.8. The zero-order valence-corrected chi connectivity index (χ0v) is 22.6. The van der Waals surface area contributed by atoms with Crippen LogP contribution in [-0.4, -0.2) is 9.13 Å². The SMILES string of the molecule is Cc1cc(C)cc(-n2c3ccccc3c3cc(-c4ccc5c(c4)c4ccccc4n5-c4ccccc4)ccc32)c1. The predicted octanol–water partition coefficient (Wildman–Crippen LogP) is 10.2. The molecule has 0 atom stereocenters.